The van der Waals surface area contributed by atoms with E-state index in [4.69, 9.17) is 0 Å². The molecule has 3 heterocycles. The molecule has 12 rings (SSSR count). The van der Waals surface area contributed by atoms with Gasteiger partial charge in [0.1, 0.15) is 0 Å². The van der Waals surface area contributed by atoms with E-state index < -0.39 is 24.2 Å². The smallest absolute Gasteiger partial charge is 0.180 e. The lowest BCUT2D eigenvalue weighted by molar-refractivity contribution is 0.835. The van der Waals surface area contributed by atoms with Crippen LogP contribution in [0.2, 0.25) is 16.6 Å². The highest BCUT2D eigenvalue weighted by Gasteiger charge is 2.50. The van der Waals surface area contributed by atoms with Crippen LogP contribution >= 0.6 is 0 Å². The van der Waals surface area contributed by atoms with Gasteiger partial charge < -0.3 is 4.57 Å². The molecule has 4 heteroatoms. The van der Waals surface area contributed by atoms with Gasteiger partial charge in [0, 0.05) is 16.5 Å². The standard InChI is InChI=1S/C63H57NSi3/c1-43(2)65(44(3)4,45(5)6)49-35-33-46(34-36-49)64-58-39-37-50(66(47-21-9-7-10-22-47)60-29-17-13-25-52(60)53-26-14-18-30-61(53)66)41-56(58)57-42-51(38-40-59(57)64)67(48-23-11-8-12-24-48)62-31-19-15-27-54(62)55-28-16-20-32-63(55)67/h7-45H,1-6H3. The Hall–Kier alpha value is -6.57. The third-order valence-corrected chi connectivity index (χ3v) is 33.2. The lowest BCUT2D eigenvalue weighted by atomic mass is 10.1. The zero-order valence-electron chi connectivity index (χ0n) is 39.5. The maximum Gasteiger partial charge on any atom is 0.180 e. The van der Waals surface area contributed by atoms with Crippen molar-refractivity contribution in [3.8, 4) is 27.9 Å². The van der Waals surface area contributed by atoms with Gasteiger partial charge in [0.25, 0.3) is 0 Å². The molecule has 9 aromatic carbocycles. The normalized spacial score (nSPS) is 14.5. The summed E-state index contributed by atoms with van der Waals surface area (Å²) < 4.78 is 2.58. The maximum atomic E-state index is 2.63. The Bertz CT molecular complexity index is 3200. The first-order chi connectivity index (χ1) is 32.7. The van der Waals surface area contributed by atoms with Crippen LogP contribution in [0.4, 0.5) is 0 Å². The van der Waals surface area contributed by atoms with E-state index in [1.807, 2.05) is 0 Å². The van der Waals surface area contributed by atoms with Crippen molar-refractivity contribution in [1.82, 2.24) is 4.57 Å². The molecule has 0 unspecified atom stereocenters. The zero-order chi connectivity index (χ0) is 45.7. The van der Waals surface area contributed by atoms with E-state index in [9.17, 15) is 0 Å². The van der Waals surface area contributed by atoms with E-state index >= 15 is 0 Å². The summed E-state index contributed by atoms with van der Waals surface area (Å²) >= 11 is 0. The predicted molar refractivity (Wildman–Crippen MR) is 297 cm³/mol. The van der Waals surface area contributed by atoms with E-state index in [-0.39, 0.29) is 0 Å². The van der Waals surface area contributed by atoms with Gasteiger partial charge in [-0.3, -0.25) is 0 Å². The van der Waals surface area contributed by atoms with Crippen molar-refractivity contribution in [2.24, 2.45) is 0 Å². The van der Waals surface area contributed by atoms with Crippen molar-refractivity contribution in [2.45, 2.75) is 58.2 Å². The fraction of sp³-hybridized carbons (Fsp3) is 0.143. The van der Waals surface area contributed by atoms with Crippen molar-refractivity contribution in [3.05, 3.63) is 218 Å². The predicted octanol–water partition coefficient (Wildman–Crippen LogP) is 10.4. The quantitative estimate of drug-likeness (QED) is 0.127. The van der Waals surface area contributed by atoms with Crippen LogP contribution in [-0.2, 0) is 0 Å². The van der Waals surface area contributed by atoms with Crippen LogP contribution in [0.15, 0.2) is 218 Å². The molecule has 0 atom stereocenters. The van der Waals surface area contributed by atoms with Crippen molar-refractivity contribution >= 4 is 92.7 Å². The van der Waals surface area contributed by atoms with Crippen LogP contribution in [0.3, 0.4) is 0 Å². The average Bonchev–Trinajstić information content (AvgIpc) is 3.97. The van der Waals surface area contributed by atoms with Crippen LogP contribution in [0.5, 0.6) is 0 Å². The summed E-state index contributed by atoms with van der Waals surface area (Å²) in [6.07, 6.45) is 0. The molecule has 0 saturated carbocycles. The monoisotopic (exact) mass is 911 g/mol. The summed E-state index contributed by atoms with van der Waals surface area (Å²) in [5, 5.41) is 15.8. The third-order valence-electron chi connectivity index (χ3n) is 16.4. The van der Waals surface area contributed by atoms with Gasteiger partial charge in [-0.25, -0.2) is 0 Å². The van der Waals surface area contributed by atoms with Gasteiger partial charge >= 0.3 is 0 Å². The highest BCUT2D eigenvalue weighted by atomic mass is 28.3. The average molecular weight is 912 g/mol. The molecule has 0 radical (unpaired) electrons. The van der Waals surface area contributed by atoms with Gasteiger partial charge in [-0.1, -0.05) is 241 Å². The molecule has 326 valence electrons. The molecular formula is C63H57NSi3. The van der Waals surface area contributed by atoms with Crippen LogP contribution in [-0.4, -0.2) is 28.8 Å². The molecule has 67 heavy (non-hydrogen) atoms. The van der Waals surface area contributed by atoms with E-state index in [0.717, 1.165) is 0 Å². The molecule has 0 bridgehead atoms. The Balaban J connectivity index is 1.18. The second-order valence-electron chi connectivity index (χ2n) is 20.2. The first-order valence-electron chi connectivity index (χ1n) is 24.4. The second kappa shape index (κ2) is 15.8. The van der Waals surface area contributed by atoms with Gasteiger partial charge in [-0.05, 0) is 105 Å². The molecule has 10 aromatic rings. The summed E-state index contributed by atoms with van der Waals surface area (Å²) in [7, 11) is -7.38. The lowest BCUT2D eigenvalue weighted by Gasteiger charge is -2.43. The van der Waals surface area contributed by atoms with Gasteiger partial charge in [-0.2, -0.15) is 0 Å². The highest BCUT2D eigenvalue weighted by Crippen LogP contribution is 2.42. The Morgan fingerprint density at radius 1 is 0.328 bits per heavy atom. The van der Waals surface area contributed by atoms with Crippen molar-refractivity contribution in [2.75, 3.05) is 0 Å². The number of hydrogen-bond acceptors (Lipinski definition) is 0. The lowest BCUT2D eigenvalue weighted by Crippen LogP contribution is -2.72. The van der Waals surface area contributed by atoms with Crippen LogP contribution in [0.25, 0.3) is 49.7 Å². The molecule has 2 aliphatic rings. The van der Waals surface area contributed by atoms with Crippen molar-refractivity contribution < 1.29 is 0 Å². The minimum atomic E-state index is -2.76. The zero-order valence-corrected chi connectivity index (χ0v) is 42.5. The van der Waals surface area contributed by atoms with E-state index in [1.54, 1.807) is 5.19 Å². The fourth-order valence-electron chi connectivity index (χ4n) is 14.1. The van der Waals surface area contributed by atoms with Crippen molar-refractivity contribution in [1.29, 1.82) is 0 Å². The largest absolute Gasteiger partial charge is 0.309 e. The summed E-state index contributed by atoms with van der Waals surface area (Å²) in [6.45, 7) is 14.8. The first kappa shape index (κ1) is 41.8. The van der Waals surface area contributed by atoms with Gasteiger partial charge in [0.2, 0.25) is 0 Å². The van der Waals surface area contributed by atoms with Crippen LogP contribution in [0.1, 0.15) is 41.5 Å². The molecule has 0 saturated heterocycles. The summed E-state index contributed by atoms with van der Waals surface area (Å²) in [5.41, 5.74) is 11.1. The minimum Gasteiger partial charge on any atom is -0.309 e. The maximum absolute atomic E-state index is 2.76. The summed E-state index contributed by atoms with van der Waals surface area (Å²) in [5.74, 6) is 0. The molecule has 2 aliphatic heterocycles. The Morgan fingerprint density at radius 2 is 0.657 bits per heavy atom. The topological polar surface area (TPSA) is 4.93 Å². The second-order valence-corrected chi connectivity index (χ2v) is 33.5. The number of nitrogens with zero attached hydrogens (tertiary/aromatic N) is 1. The number of fused-ring (bicyclic) bond motifs is 9. The molecular weight excluding hydrogens is 855 g/mol. The van der Waals surface area contributed by atoms with E-state index in [1.165, 1.54) is 91.2 Å². The molecule has 0 spiro atoms. The number of aromatic nitrogens is 1. The Kier molecular flexibility index (Phi) is 9.85. The van der Waals surface area contributed by atoms with Crippen molar-refractivity contribution in [3.63, 3.8) is 0 Å². The minimum absolute atomic E-state index is 0.641. The SMILES string of the molecule is CC(C)[Si](c1ccc(-n2c3ccc([Si]4(c5ccccc5)c5ccccc5-c5ccccc54)cc3c3cc([Si]4(c5ccccc5)c5ccccc5-c5ccccc54)ccc32)cc1)(C(C)C)C(C)C. The molecule has 0 amide bonds. The number of hydrogen-bond donors (Lipinski definition) is 0. The molecule has 1 aromatic heterocycles. The number of rotatable bonds is 9. The molecule has 1 nitrogen and oxygen atoms in total. The molecule has 0 fully saturated rings. The molecule has 0 N–H and O–H groups in total. The van der Waals surface area contributed by atoms with E-state index in [2.05, 4.69) is 264 Å². The van der Waals surface area contributed by atoms with Gasteiger partial charge in [-0.15, -0.1) is 0 Å². The van der Waals surface area contributed by atoms with Gasteiger partial charge in [0.05, 0.1) is 19.1 Å². The highest BCUT2D eigenvalue weighted by molar-refractivity contribution is 7.23. The Morgan fingerprint density at radius 3 is 1.00 bits per heavy atom. The number of benzene rings is 9. The summed E-state index contributed by atoms with van der Waals surface area (Å²) in [6, 6.07) is 85.1. The summed E-state index contributed by atoms with van der Waals surface area (Å²) in [4.78, 5) is 0. The van der Waals surface area contributed by atoms with Crippen LogP contribution in [0, 0.1) is 0 Å². The van der Waals surface area contributed by atoms with Crippen LogP contribution < -0.4 is 46.7 Å². The molecule has 0 aliphatic carbocycles. The Labute approximate surface area is 399 Å². The fourth-order valence-corrected chi connectivity index (χ4v) is 31.2. The van der Waals surface area contributed by atoms with E-state index in [0.29, 0.717) is 16.6 Å². The first-order valence-corrected chi connectivity index (χ1v) is 30.7. The third kappa shape index (κ3) is 5.70. The van der Waals surface area contributed by atoms with Gasteiger partial charge in [0.15, 0.2) is 16.1 Å².